The molecule has 2 aliphatic rings. The van der Waals surface area contributed by atoms with E-state index >= 15 is 0 Å². The number of benzene rings is 2. The van der Waals surface area contributed by atoms with Crippen LogP contribution in [0.15, 0.2) is 54.6 Å². The molecule has 0 saturated carbocycles. The molecule has 2 heterocycles. The summed E-state index contributed by atoms with van der Waals surface area (Å²) in [5.74, 6) is 0.0547. The fourth-order valence-electron chi connectivity index (χ4n) is 5.79. The van der Waals surface area contributed by atoms with Crippen LogP contribution in [0.1, 0.15) is 59.3 Å². The summed E-state index contributed by atoms with van der Waals surface area (Å²) in [6.45, 7) is 10.1. The topological polar surface area (TPSA) is 112 Å². The maximum Gasteiger partial charge on any atom is 0.411 e. The van der Waals surface area contributed by atoms with E-state index in [9.17, 15) is 19.2 Å². The fourth-order valence-corrected chi connectivity index (χ4v) is 5.79. The van der Waals surface area contributed by atoms with Gasteiger partial charge in [0.2, 0.25) is 11.8 Å². The Hall–Kier alpha value is -4.12. The number of carbonyl (C=O) groups excluding carboxylic acids is 4. The van der Waals surface area contributed by atoms with Gasteiger partial charge < -0.3 is 24.2 Å². The van der Waals surface area contributed by atoms with Crippen LogP contribution < -0.4 is 5.32 Å². The Morgan fingerprint density at radius 3 is 2.30 bits per heavy atom. The van der Waals surface area contributed by atoms with Crippen LogP contribution in [0.25, 0.3) is 11.1 Å². The van der Waals surface area contributed by atoms with E-state index in [2.05, 4.69) is 10.2 Å². The molecule has 0 radical (unpaired) electrons. The van der Waals surface area contributed by atoms with Crippen molar-refractivity contribution in [3.05, 3.63) is 54.6 Å². The minimum Gasteiger partial charge on any atom is -0.446 e. The molecule has 2 aromatic carbocycles. The molecular weight excluding hydrogens is 598 g/mol. The van der Waals surface area contributed by atoms with E-state index in [1.54, 1.807) is 9.80 Å². The summed E-state index contributed by atoms with van der Waals surface area (Å²) in [6, 6.07) is 17.6. The van der Waals surface area contributed by atoms with E-state index < -0.39 is 17.8 Å². The van der Waals surface area contributed by atoms with Gasteiger partial charge in [-0.05, 0) is 58.1 Å². The minimum atomic E-state index is -0.589. The second-order valence-electron chi connectivity index (χ2n) is 13.4. The third-order valence-electron chi connectivity index (χ3n) is 8.52. The molecule has 0 atom stereocenters. The first-order valence-electron chi connectivity index (χ1n) is 16.8. The molecule has 2 saturated heterocycles. The molecule has 0 unspecified atom stereocenters. The Morgan fingerprint density at radius 2 is 1.60 bits per heavy atom. The van der Waals surface area contributed by atoms with Crippen LogP contribution in [0.5, 0.6) is 0 Å². The van der Waals surface area contributed by atoms with Crippen LogP contribution >= 0.6 is 0 Å². The first-order valence-corrected chi connectivity index (χ1v) is 16.8. The van der Waals surface area contributed by atoms with E-state index in [4.69, 9.17) is 9.47 Å². The van der Waals surface area contributed by atoms with Crippen molar-refractivity contribution in [1.29, 1.82) is 0 Å². The number of amides is 4. The van der Waals surface area contributed by atoms with E-state index in [1.165, 1.54) is 4.90 Å². The van der Waals surface area contributed by atoms with Crippen LogP contribution in [0.4, 0.5) is 15.3 Å². The van der Waals surface area contributed by atoms with Gasteiger partial charge in [-0.2, -0.15) is 0 Å². The Morgan fingerprint density at radius 1 is 0.894 bits per heavy atom. The molecule has 1 N–H and O–H groups in total. The van der Waals surface area contributed by atoms with Gasteiger partial charge in [-0.15, -0.1) is 0 Å². The Kier molecular flexibility index (Phi) is 13.0. The zero-order chi connectivity index (χ0) is 33.8. The average molecular weight is 650 g/mol. The highest BCUT2D eigenvalue weighted by Gasteiger charge is 2.30. The highest BCUT2D eigenvalue weighted by Crippen LogP contribution is 2.28. The van der Waals surface area contributed by atoms with E-state index in [0.29, 0.717) is 32.6 Å². The highest BCUT2D eigenvalue weighted by molar-refractivity contribution is 5.91. The number of carbonyl (C=O) groups is 4. The molecule has 256 valence electrons. The average Bonchev–Trinajstić information content (AvgIpc) is 3.04. The molecule has 0 bridgehead atoms. The summed E-state index contributed by atoms with van der Waals surface area (Å²) in [4.78, 5) is 57.5. The fraction of sp³-hybridized carbons (Fsp3) is 0.556. The number of unbranched alkanes of at least 4 members (excludes halogenated alkanes) is 2. The summed E-state index contributed by atoms with van der Waals surface area (Å²) >= 11 is 0. The standard InChI is InChI=1S/C36H51N5O6/c1-36(2,3)47-35(45)41-26-25-40(33(43)27-41)20-12-6-9-17-32(42)38(4)23-24-39-21-18-29(19-22-39)46-34(44)37-31-16-11-10-15-30(31)28-13-7-5-8-14-28/h5,7-8,10-11,13-16,29H,6,9,12,17-27H2,1-4H3,(H,37,44). The number of anilines is 1. The van der Waals surface area contributed by atoms with Gasteiger partial charge in [-0.25, -0.2) is 9.59 Å². The predicted octanol–water partition coefficient (Wildman–Crippen LogP) is 5.46. The lowest BCUT2D eigenvalue weighted by atomic mass is 10.0. The molecule has 0 aliphatic carbocycles. The second-order valence-corrected chi connectivity index (χ2v) is 13.4. The highest BCUT2D eigenvalue weighted by atomic mass is 16.6. The zero-order valence-corrected chi connectivity index (χ0v) is 28.4. The summed E-state index contributed by atoms with van der Waals surface area (Å²) in [5, 5.41) is 2.92. The number of piperidine rings is 1. The molecule has 2 aromatic rings. The number of hydrogen-bond donors (Lipinski definition) is 1. The molecule has 4 rings (SSSR count). The number of likely N-dealkylation sites (tertiary alicyclic amines) is 1. The molecule has 11 heteroatoms. The monoisotopic (exact) mass is 649 g/mol. The lowest BCUT2D eigenvalue weighted by molar-refractivity contribution is -0.136. The lowest BCUT2D eigenvalue weighted by Gasteiger charge is -2.35. The van der Waals surface area contributed by atoms with Crippen molar-refractivity contribution < 1.29 is 28.7 Å². The number of nitrogens with one attached hydrogen (secondary N) is 1. The van der Waals surface area contributed by atoms with Gasteiger partial charge >= 0.3 is 12.2 Å². The summed E-state index contributed by atoms with van der Waals surface area (Å²) in [5.41, 5.74) is 2.11. The van der Waals surface area contributed by atoms with E-state index in [1.807, 2.05) is 82.4 Å². The van der Waals surface area contributed by atoms with Gasteiger partial charge in [0.1, 0.15) is 18.2 Å². The van der Waals surface area contributed by atoms with Crippen molar-refractivity contribution in [3.8, 4) is 11.1 Å². The smallest absolute Gasteiger partial charge is 0.411 e. The van der Waals surface area contributed by atoms with Gasteiger partial charge in [0.05, 0.1) is 5.69 Å². The van der Waals surface area contributed by atoms with E-state index in [0.717, 1.165) is 68.6 Å². The SMILES string of the molecule is CN(CCN1CCC(OC(=O)Nc2ccccc2-c2ccccc2)CC1)C(=O)CCCCCN1CCN(C(=O)OC(C)(C)C)CC1=O. The maximum atomic E-state index is 12.7. The van der Waals surface area contributed by atoms with Crippen molar-refractivity contribution in [2.75, 3.05) is 64.7 Å². The number of ether oxygens (including phenoxy) is 2. The molecule has 0 spiro atoms. The molecular formula is C36H51N5O6. The van der Waals surface area contributed by atoms with Gasteiger partial charge in [-0.1, -0.05) is 55.0 Å². The summed E-state index contributed by atoms with van der Waals surface area (Å²) in [6.07, 6.45) is 3.41. The van der Waals surface area contributed by atoms with Gasteiger partial charge in [0.25, 0.3) is 0 Å². The van der Waals surface area contributed by atoms with Crippen molar-refractivity contribution >= 4 is 29.7 Å². The van der Waals surface area contributed by atoms with Gasteiger partial charge in [0.15, 0.2) is 0 Å². The molecule has 2 aliphatic heterocycles. The summed E-state index contributed by atoms with van der Waals surface area (Å²) < 4.78 is 11.1. The predicted molar refractivity (Wildman–Crippen MR) is 182 cm³/mol. The molecule has 4 amide bonds. The minimum absolute atomic E-state index is 0.0441. The van der Waals surface area contributed by atoms with Crippen molar-refractivity contribution in [3.63, 3.8) is 0 Å². The van der Waals surface area contributed by atoms with Crippen molar-refractivity contribution in [2.45, 2.75) is 71.0 Å². The van der Waals surface area contributed by atoms with Crippen molar-refractivity contribution in [2.24, 2.45) is 0 Å². The Bertz CT molecular complexity index is 1340. The largest absolute Gasteiger partial charge is 0.446 e. The Balaban J connectivity index is 1.06. The quantitative estimate of drug-likeness (QED) is 0.304. The Labute approximate surface area is 279 Å². The first kappa shape index (κ1) is 35.7. The number of nitrogens with zero attached hydrogens (tertiary/aromatic N) is 4. The van der Waals surface area contributed by atoms with Crippen molar-refractivity contribution in [1.82, 2.24) is 19.6 Å². The van der Waals surface area contributed by atoms with Crippen LogP contribution in [0.3, 0.4) is 0 Å². The lowest BCUT2D eigenvalue weighted by Crippen LogP contribution is -2.53. The number of para-hydroxylation sites is 1. The van der Waals surface area contributed by atoms with Crippen LogP contribution in [-0.2, 0) is 19.1 Å². The van der Waals surface area contributed by atoms with Crippen LogP contribution in [0, 0.1) is 0 Å². The zero-order valence-electron chi connectivity index (χ0n) is 28.4. The van der Waals surface area contributed by atoms with Gasteiger partial charge in [0, 0.05) is 64.8 Å². The molecule has 2 fully saturated rings. The van der Waals surface area contributed by atoms with Crippen LogP contribution in [0.2, 0.25) is 0 Å². The van der Waals surface area contributed by atoms with Crippen LogP contribution in [-0.4, -0.2) is 115 Å². The molecule has 11 nitrogen and oxygen atoms in total. The number of rotatable bonds is 12. The third-order valence-corrected chi connectivity index (χ3v) is 8.52. The second kappa shape index (κ2) is 17.2. The maximum absolute atomic E-state index is 12.7. The normalized spacial score (nSPS) is 16.1. The third kappa shape index (κ3) is 11.6. The number of piperazine rings is 1. The molecule has 0 aromatic heterocycles. The number of hydrogen-bond acceptors (Lipinski definition) is 7. The first-order chi connectivity index (χ1) is 22.5. The van der Waals surface area contributed by atoms with E-state index in [-0.39, 0.29) is 24.5 Å². The van der Waals surface area contributed by atoms with Gasteiger partial charge in [-0.3, -0.25) is 19.8 Å². The number of likely N-dealkylation sites (N-methyl/N-ethyl adjacent to an activating group) is 1. The molecule has 47 heavy (non-hydrogen) atoms. The summed E-state index contributed by atoms with van der Waals surface area (Å²) in [7, 11) is 1.85.